The second kappa shape index (κ2) is 4.19. The van der Waals surface area contributed by atoms with Crippen molar-refractivity contribution in [1.29, 1.82) is 0 Å². The highest BCUT2D eigenvalue weighted by Gasteiger charge is 2.00. The van der Waals surface area contributed by atoms with Crippen molar-refractivity contribution in [3.05, 3.63) is 32.6 Å². The van der Waals surface area contributed by atoms with E-state index in [0.717, 1.165) is 0 Å². The highest BCUT2D eigenvalue weighted by Crippen LogP contribution is 1.88. The number of rotatable bonds is 3. The molecule has 0 aliphatic carbocycles. The molecule has 0 bridgehead atoms. The van der Waals surface area contributed by atoms with E-state index < -0.39 is 5.69 Å². The number of hydrogen-bond acceptors (Lipinski definition) is 3. The fourth-order valence-corrected chi connectivity index (χ4v) is 1.11. The van der Waals surface area contributed by atoms with Gasteiger partial charge < -0.3 is 5.73 Å². The summed E-state index contributed by atoms with van der Waals surface area (Å²) in [6.45, 7) is 2.03. The van der Waals surface area contributed by atoms with E-state index in [1.165, 1.54) is 10.8 Å². The third-order valence-corrected chi connectivity index (χ3v) is 1.99. The minimum atomic E-state index is -0.433. The average Bonchev–Trinajstić information content (AvgIpc) is 2.09. The topological polar surface area (TPSA) is 80.9 Å². The first-order valence-electron chi connectivity index (χ1n) is 4.09. The molecular weight excluding hydrogens is 202 g/mol. The molecule has 0 fully saturated rings. The summed E-state index contributed by atoms with van der Waals surface area (Å²) in [7, 11) is 0. The fraction of sp³-hybridized carbons (Fsp3) is 0.375. The minimum Gasteiger partial charge on any atom is -0.393 e. The van der Waals surface area contributed by atoms with Crippen LogP contribution in [0.1, 0.15) is 12.0 Å². The standard InChI is InChI=1S/C8H11N3O2S/c1-5-4-11(3-2-6(9)14)8(13)10-7(5)12/h4H,2-3H2,1H3,(H2,9,14)(H,10,12,13). The molecular formula is C8H11N3O2S. The zero-order valence-corrected chi connectivity index (χ0v) is 8.56. The van der Waals surface area contributed by atoms with Crippen molar-refractivity contribution < 1.29 is 0 Å². The van der Waals surface area contributed by atoms with E-state index in [0.29, 0.717) is 23.5 Å². The van der Waals surface area contributed by atoms with Gasteiger partial charge in [0.2, 0.25) is 0 Å². The predicted octanol–water partition coefficient (Wildman–Crippen LogP) is -0.479. The highest BCUT2D eigenvalue weighted by atomic mass is 32.1. The maximum absolute atomic E-state index is 11.2. The lowest BCUT2D eigenvalue weighted by atomic mass is 10.3. The van der Waals surface area contributed by atoms with Crippen molar-refractivity contribution in [3.63, 3.8) is 0 Å². The summed E-state index contributed by atoms with van der Waals surface area (Å²) in [6.07, 6.45) is 1.94. The third-order valence-electron chi connectivity index (χ3n) is 1.79. The van der Waals surface area contributed by atoms with Crippen LogP contribution in [0.5, 0.6) is 0 Å². The smallest absolute Gasteiger partial charge is 0.328 e. The van der Waals surface area contributed by atoms with Crippen LogP contribution >= 0.6 is 12.2 Å². The molecule has 0 aromatic carbocycles. The van der Waals surface area contributed by atoms with E-state index in [4.69, 9.17) is 5.73 Å². The average molecular weight is 213 g/mol. The maximum atomic E-state index is 11.2. The second-order valence-electron chi connectivity index (χ2n) is 2.98. The van der Waals surface area contributed by atoms with Gasteiger partial charge in [0.15, 0.2) is 0 Å². The van der Waals surface area contributed by atoms with Gasteiger partial charge in [-0.1, -0.05) is 12.2 Å². The van der Waals surface area contributed by atoms with E-state index in [9.17, 15) is 9.59 Å². The number of aromatic amines is 1. The lowest BCUT2D eigenvalue weighted by molar-refractivity contribution is 0.662. The second-order valence-corrected chi connectivity index (χ2v) is 3.51. The van der Waals surface area contributed by atoms with Gasteiger partial charge in [-0.2, -0.15) is 0 Å². The molecule has 76 valence electrons. The lowest BCUT2D eigenvalue weighted by Gasteiger charge is -2.04. The fourth-order valence-electron chi connectivity index (χ4n) is 1.02. The number of nitrogens with two attached hydrogens (primary N) is 1. The molecule has 0 radical (unpaired) electrons. The summed E-state index contributed by atoms with van der Waals surface area (Å²) < 4.78 is 1.38. The molecule has 1 heterocycles. The van der Waals surface area contributed by atoms with Crippen LogP contribution < -0.4 is 17.0 Å². The van der Waals surface area contributed by atoms with Crippen molar-refractivity contribution in [3.8, 4) is 0 Å². The number of hydrogen-bond donors (Lipinski definition) is 2. The van der Waals surface area contributed by atoms with Gasteiger partial charge in [-0.15, -0.1) is 0 Å². The van der Waals surface area contributed by atoms with Gasteiger partial charge in [0, 0.05) is 24.7 Å². The monoisotopic (exact) mass is 213 g/mol. The SMILES string of the molecule is Cc1cn(CCC(N)=S)c(=O)[nH]c1=O. The van der Waals surface area contributed by atoms with Gasteiger partial charge >= 0.3 is 5.69 Å². The van der Waals surface area contributed by atoms with Crippen molar-refractivity contribution in [2.75, 3.05) is 0 Å². The van der Waals surface area contributed by atoms with Crippen LogP contribution in [0.4, 0.5) is 0 Å². The van der Waals surface area contributed by atoms with Crippen LogP contribution in [0.3, 0.4) is 0 Å². The summed E-state index contributed by atoms with van der Waals surface area (Å²) in [5.41, 5.74) is 5.00. The summed E-state index contributed by atoms with van der Waals surface area (Å²) in [4.78, 5) is 24.8. The van der Waals surface area contributed by atoms with Crippen LogP contribution in [0.2, 0.25) is 0 Å². The molecule has 14 heavy (non-hydrogen) atoms. The van der Waals surface area contributed by atoms with Crippen molar-refractivity contribution in [2.24, 2.45) is 5.73 Å². The first-order valence-corrected chi connectivity index (χ1v) is 4.50. The summed E-state index contributed by atoms with van der Waals surface area (Å²) in [5, 5.41) is 0. The number of nitrogens with one attached hydrogen (secondary N) is 1. The lowest BCUT2D eigenvalue weighted by Crippen LogP contribution is -2.31. The Labute approximate surface area is 85.6 Å². The molecule has 0 saturated carbocycles. The Bertz CT molecular complexity index is 460. The molecule has 3 N–H and O–H groups in total. The van der Waals surface area contributed by atoms with Gasteiger partial charge in [-0.05, 0) is 6.92 Å². The number of aromatic nitrogens is 2. The van der Waals surface area contributed by atoms with Crippen LogP contribution in [0.25, 0.3) is 0 Å². The number of H-pyrrole nitrogens is 1. The van der Waals surface area contributed by atoms with E-state index in [-0.39, 0.29) is 5.56 Å². The highest BCUT2D eigenvalue weighted by molar-refractivity contribution is 7.80. The minimum absolute atomic E-state index is 0.348. The van der Waals surface area contributed by atoms with Crippen LogP contribution in [0.15, 0.2) is 15.8 Å². The first kappa shape index (κ1) is 10.6. The predicted molar refractivity (Wildman–Crippen MR) is 57.5 cm³/mol. The summed E-state index contributed by atoms with van der Waals surface area (Å²) >= 11 is 4.69. The maximum Gasteiger partial charge on any atom is 0.328 e. The van der Waals surface area contributed by atoms with Crippen molar-refractivity contribution in [2.45, 2.75) is 19.9 Å². The summed E-state index contributed by atoms with van der Waals surface area (Å²) in [6, 6.07) is 0. The summed E-state index contributed by atoms with van der Waals surface area (Å²) in [5.74, 6) is 0. The Balaban J connectivity index is 2.99. The van der Waals surface area contributed by atoms with Gasteiger partial charge in [0.05, 0.1) is 4.99 Å². The van der Waals surface area contributed by atoms with Crippen molar-refractivity contribution in [1.82, 2.24) is 9.55 Å². The third kappa shape index (κ3) is 2.53. The molecule has 1 aromatic heterocycles. The Morgan fingerprint density at radius 1 is 1.64 bits per heavy atom. The number of thiocarbonyl (C=S) groups is 1. The molecule has 0 amide bonds. The normalized spacial score (nSPS) is 10.1. The van der Waals surface area contributed by atoms with Gasteiger partial charge in [0.1, 0.15) is 0 Å². The quantitative estimate of drug-likeness (QED) is 0.665. The van der Waals surface area contributed by atoms with E-state index in [1.807, 2.05) is 0 Å². The molecule has 0 spiro atoms. The molecule has 1 rings (SSSR count). The Morgan fingerprint density at radius 3 is 2.86 bits per heavy atom. The molecule has 1 aromatic rings. The van der Waals surface area contributed by atoms with Crippen molar-refractivity contribution >= 4 is 17.2 Å². The van der Waals surface area contributed by atoms with Crippen LogP contribution in [0, 0.1) is 6.92 Å². The Morgan fingerprint density at radius 2 is 2.29 bits per heavy atom. The molecule has 0 atom stereocenters. The van der Waals surface area contributed by atoms with E-state index >= 15 is 0 Å². The number of aryl methyl sites for hydroxylation is 2. The molecule has 5 nitrogen and oxygen atoms in total. The molecule has 0 aliphatic rings. The Kier molecular flexibility index (Phi) is 3.19. The van der Waals surface area contributed by atoms with Gasteiger partial charge in [-0.3, -0.25) is 14.3 Å². The van der Waals surface area contributed by atoms with Gasteiger partial charge in [0.25, 0.3) is 5.56 Å². The Hall–Kier alpha value is -1.43. The zero-order valence-electron chi connectivity index (χ0n) is 7.74. The molecule has 0 aliphatic heterocycles. The largest absolute Gasteiger partial charge is 0.393 e. The molecule has 0 saturated heterocycles. The first-order chi connectivity index (χ1) is 6.50. The zero-order chi connectivity index (χ0) is 10.7. The van der Waals surface area contributed by atoms with E-state index in [2.05, 4.69) is 17.2 Å². The number of nitrogens with zero attached hydrogens (tertiary/aromatic N) is 1. The van der Waals surface area contributed by atoms with Crippen LogP contribution in [-0.4, -0.2) is 14.5 Å². The van der Waals surface area contributed by atoms with Gasteiger partial charge in [-0.25, -0.2) is 4.79 Å². The van der Waals surface area contributed by atoms with Crippen LogP contribution in [-0.2, 0) is 6.54 Å². The van der Waals surface area contributed by atoms with E-state index in [1.54, 1.807) is 6.92 Å². The molecule has 6 heteroatoms. The molecule has 0 unspecified atom stereocenters.